The number of methoxy groups -OCH3 is 1. The second kappa shape index (κ2) is 8.65. The molecule has 3 rings (SSSR count). The predicted molar refractivity (Wildman–Crippen MR) is 106 cm³/mol. The number of rotatable bonds is 5. The third-order valence-corrected chi connectivity index (χ3v) is 6.46. The second-order valence-electron chi connectivity index (χ2n) is 7.08. The Morgan fingerprint density at radius 1 is 1.44 bits per heavy atom. The third kappa shape index (κ3) is 3.93. The number of hydrogen-bond acceptors (Lipinski definition) is 4. The van der Waals surface area contributed by atoms with Gasteiger partial charge in [0.25, 0.3) is 0 Å². The average Bonchev–Trinajstić information content (AvgIpc) is 3.06. The van der Waals surface area contributed by atoms with E-state index in [9.17, 15) is 4.79 Å². The molecule has 1 amide bonds. The first-order valence-corrected chi connectivity index (χ1v) is 10.0. The van der Waals surface area contributed by atoms with Gasteiger partial charge in [0.05, 0.1) is 12.5 Å². The van der Waals surface area contributed by atoms with Gasteiger partial charge in [-0.05, 0) is 49.3 Å². The van der Waals surface area contributed by atoms with Crippen molar-refractivity contribution in [2.24, 2.45) is 11.3 Å². The van der Waals surface area contributed by atoms with Gasteiger partial charge >= 0.3 is 0 Å². The number of nitrogens with one attached hydrogen (secondary N) is 1. The van der Waals surface area contributed by atoms with E-state index in [0.29, 0.717) is 18.4 Å². The summed E-state index contributed by atoms with van der Waals surface area (Å²) in [6.45, 7) is 2.48. The van der Waals surface area contributed by atoms with Crippen LogP contribution in [0.15, 0.2) is 23.1 Å². The van der Waals surface area contributed by atoms with Gasteiger partial charge in [-0.2, -0.15) is 0 Å². The summed E-state index contributed by atoms with van der Waals surface area (Å²) in [6, 6.07) is 6.23. The van der Waals surface area contributed by atoms with E-state index in [-0.39, 0.29) is 17.8 Å². The summed E-state index contributed by atoms with van der Waals surface area (Å²) in [5.74, 6) is 1.71. The molecule has 0 unspecified atom stereocenters. The van der Waals surface area contributed by atoms with Crippen LogP contribution >= 0.6 is 24.2 Å². The van der Waals surface area contributed by atoms with Crippen molar-refractivity contribution in [2.45, 2.75) is 37.1 Å². The highest BCUT2D eigenvalue weighted by molar-refractivity contribution is 7.98. The molecule has 0 radical (unpaired) electrons. The molecule has 1 aliphatic carbocycles. The van der Waals surface area contributed by atoms with E-state index in [4.69, 9.17) is 4.74 Å². The van der Waals surface area contributed by atoms with Crippen LogP contribution in [0.5, 0.6) is 5.75 Å². The lowest BCUT2D eigenvalue weighted by atomic mass is 9.67. The van der Waals surface area contributed by atoms with E-state index in [1.807, 2.05) is 18.2 Å². The molecule has 1 aromatic carbocycles. The summed E-state index contributed by atoms with van der Waals surface area (Å²) in [5.41, 5.74) is 0.950. The quantitative estimate of drug-likeness (QED) is 0.788. The number of benzene rings is 1. The SMILES string of the molecule is COc1cc(CN(C)C(=O)[C@@]23CCCC[C@H]2CNC3)ccc1SC.Cl. The number of ether oxygens (including phenoxy) is 1. The van der Waals surface area contributed by atoms with Crippen LogP contribution < -0.4 is 10.1 Å². The minimum Gasteiger partial charge on any atom is -0.496 e. The minimum atomic E-state index is -0.170. The van der Waals surface area contributed by atoms with Crippen molar-refractivity contribution in [3.05, 3.63) is 23.8 Å². The lowest BCUT2D eigenvalue weighted by Crippen LogP contribution is -2.48. The molecule has 1 aliphatic heterocycles. The number of hydrogen-bond donors (Lipinski definition) is 1. The molecule has 1 saturated heterocycles. The van der Waals surface area contributed by atoms with Gasteiger partial charge in [0, 0.05) is 25.0 Å². The summed E-state index contributed by atoms with van der Waals surface area (Å²) >= 11 is 1.67. The van der Waals surface area contributed by atoms with Crippen molar-refractivity contribution < 1.29 is 9.53 Å². The zero-order valence-corrected chi connectivity index (χ0v) is 17.0. The molecule has 1 saturated carbocycles. The molecule has 4 nitrogen and oxygen atoms in total. The highest BCUT2D eigenvalue weighted by Gasteiger charge is 2.50. The molecule has 0 aromatic heterocycles. The van der Waals surface area contributed by atoms with Crippen molar-refractivity contribution in [3.63, 3.8) is 0 Å². The van der Waals surface area contributed by atoms with Crippen molar-refractivity contribution in [3.8, 4) is 5.75 Å². The molecule has 1 aromatic rings. The topological polar surface area (TPSA) is 41.6 Å². The van der Waals surface area contributed by atoms with E-state index in [2.05, 4.69) is 23.5 Å². The van der Waals surface area contributed by atoms with Crippen LogP contribution in [0, 0.1) is 11.3 Å². The highest BCUT2D eigenvalue weighted by atomic mass is 35.5. The second-order valence-corrected chi connectivity index (χ2v) is 7.93. The molecule has 1 N–H and O–H groups in total. The molecule has 2 atom stereocenters. The maximum atomic E-state index is 13.2. The van der Waals surface area contributed by atoms with Gasteiger partial charge in [0.2, 0.25) is 5.91 Å². The maximum absolute atomic E-state index is 13.2. The van der Waals surface area contributed by atoms with Crippen LogP contribution in [0.2, 0.25) is 0 Å². The summed E-state index contributed by atoms with van der Waals surface area (Å²) in [6.07, 6.45) is 6.69. The number of amides is 1. The molecule has 2 aliphatic rings. The Labute approximate surface area is 161 Å². The van der Waals surface area contributed by atoms with E-state index < -0.39 is 0 Å². The molecule has 2 fully saturated rings. The van der Waals surface area contributed by atoms with Crippen molar-refractivity contribution >= 4 is 30.1 Å². The lowest BCUT2D eigenvalue weighted by molar-refractivity contribution is -0.144. The smallest absolute Gasteiger partial charge is 0.230 e. The van der Waals surface area contributed by atoms with Gasteiger partial charge in [0.15, 0.2) is 0 Å². The van der Waals surface area contributed by atoms with Crippen LogP contribution in [0.1, 0.15) is 31.2 Å². The minimum absolute atomic E-state index is 0. The van der Waals surface area contributed by atoms with Gasteiger partial charge in [-0.15, -0.1) is 24.2 Å². The van der Waals surface area contributed by atoms with E-state index >= 15 is 0 Å². The number of carbonyl (C=O) groups excluding carboxylic acids is 1. The van der Waals surface area contributed by atoms with Crippen LogP contribution in [0.25, 0.3) is 0 Å². The lowest BCUT2D eigenvalue weighted by Gasteiger charge is -2.39. The summed E-state index contributed by atoms with van der Waals surface area (Å²) < 4.78 is 5.47. The van der Waals surface area contributed by atoms with Gasteiger partial charge in [-0.1, -0.05) is 18.9 Å². The standard InChI is InChI=1S/C19H28N2O2S.ClH/c1-21(12-14-7-8-17(24-3)16(10-14)23-2)18(22)19-9-5-4-6-15(19)11-20-13-19;/h7-8,10,15,20H,4-6,9,11-13H2,1-3H3;1H/t15-,19+;/m0./s1. The monoisotopic (exact) mass is 384 g/mol. The van der Waals surface area contributed by atoms with Crippen molar-refractivity contribution in [2.75, 3.05) is 33.5 Å². The van der Waals surface area contributed by atoms with E-state index in [1.54, 1.807) is 18.9 Å². The average molecular weight is 385 g/mol. The van der Waals surface area contributed by atoms with Crippen LogP contribution in [-0.4, -0.2) is 44.3 Å². The maximum Gasteiger partial charge on any atom is 0.230 e. The molecule has 0 spiro atoms. The van der Waals surface area contributed by atoms with Crippen molar-refractivity contribution in [1.82, 2.24) is 10.2 Å². The number of fused-ring (bicyclic) bond motifs is 1. The van der Waals surface area contributed by atoms with Gasteiger partial charge < -0.3 is 15.0 Å². The fourth-order valence-corrected chi connectivity index (χ4v) is 4.92. The highest BCUT2D eigenvalue weighted by Crippen LogP contribution is 2.45. The molecule has 1 heterocycles. The van der Waals surface area contributed by atoms with Crippen LogP contribution in [0.3, 0.4) is 0 Å². The number of carbonyl (C=O) groups is 1. The molecular weight excluding hydrogens is 356 g/mol. The first kappa shape index (κ1) is 20.4. The zero-order chi connectivity index (χ0) is 17.2. The van der Waals surface area contributed by atoms with Crippen LogP contribution in [-0.2, 0) is 11.3 Å². The molecule has 0 bridgehead atoms. The summed E-state index contributed by atoms with van der Waals surface area (Å²) in [4.78, 5) is 16.3. The Balaban J connectivity index is 0.00000225. The van der Waals surface area contributed by atoms with E-state index in [0.717, 1.165) is 35.7 Å². The Morgan fingerprint density at radius 2 is 2.24 bits per heavy atom. The first-order chi connectivity index (χ1) is 11.6. The Bertz CT molecular complexity index is 613. The van der Waals surface area contributed by atoms with Gasteiger partial charge in [0.1, 0.15) is 5.75 Å². The Kier molecular flexibility index (Phi) is 7.06. The molecular formula is C19H29ClN2O2S. The fraction of sp³-hybridized carbons (Fsp3) is 0.632. The van der Waals surface area contributed by atoms with Gasteiger partial charge in [-0.3, -0.25) is 4.79 Å². The zero-order valence-electron chi connectivity index (χ0n) is 15.3. The van der Waals surface area contributed by atoms with E-state index in [1.165, 1.54) is 19.3 Å². The Hall–Kier alpha value is -0.910. The molecule has 140 valence electrons. The number of thioether (sulfide) groups is 1. The van der Waals surface area contributed by atoms with Gasteiger partial charge in [-0.25, -0.2) is 0 Å². The predicted octanol–water partition coefficient (Wildman–Crippen LogP) is 3.58. The number of halogens is 1. The summed E-state index contributed by atoms with van der Waals surface area (Å²) in [5, 5.41) is 3.47. The largest absolute Gasteiger partial charge is 0.496 e. The van der Waals surface area contributed by atoms with Crippen molar-refractivity contribution in [1.29, 1.82) is 0 Å². The fourth-order valence-electron chi connectivity index (χ4n) is 4.37. The van der Waals surface area contributed by atoms with Crippen LogP contribution in [0.4, 0.5) is 0 Å². The summed E-state index contributed by atoms with van der Waals surface area (Å²) in [7, 11) is 3.64. The number of nitrogens with zero attached hydrogens (tertiary/aromatic N) is 1. The normalized spacial score (nSPS) is 25.0. The third-order valence-electron chi connectivity index (χ3n) is 5.68. The Morgan fingerprint density at radius 3 is 2.96 bits per heavy atom. The molecule has 6 heteroatoms. The first-order valence-electron chi connectivity index (χ1n) is 8.78. The molecule has 25 heavy (non-hydrogen) atoms.